The van der Waals surface area contributed by atoms with Crippen LogP contribution in [0.25, 0.3) is 5.57 Å². The fourth-order valence-electron chi connectivity index (χ4n) is 3.30. The summed E-state index contributed by atoms with van der Waals surface area (Å²) in [4.78, 5) is 12.7. The zero-order valence-corrected chi connectivity index (χ0v) is 14.4. The van der Waals surface area contributed by atoms with E-state index in [-0.39, 0.29) is 6.04 Å². The minimum Gasteiger partial charge on any atom is -0.150 e. The molecule has 0 fully saturated rings. The molecule has 1 aliphatic rings. The first kappa shape index (κ1) is 15.9. The highest BCUT2D eigenvalue weighted by Crippen LogP contribution is 2.40. The van der Waals surface area contributed by atoms with E-state index in [0.29, 0.717) is 6.42 Å². The molecule has 0 amide bonds. The molecule has 25 heavy (non-hydrogen) atoms. The van der Waals surface area contributed by atoms with Gasteiger partial charge in [0.25, 0.3) is 0 Å². The van der Waals surface area contributed by atoms with Crippen LogP contribution in [0.3, 0.4) is 0 Å². The molecular formula is C22H17NOS. The normalized spacial score (nSPS) is 17.4. The minimum atomic E-state index is -0.343. The van der Waals surface area contributed by atoms with Gasteiger partial charge in [-0.15, -0.1) is 0 Å². The van der Waals surface area contributed by atoms with Crippen LogP contribution in [0, 0.1) is 4.91 Å². The molecule has 0 aromatic heterocycles. The second-order valence-electron chi connectivity index (χ2n) is 6.03. The molecule has 0 heterocycles. The van der Waals surface area contributed by atoms with Crippen LogP contribution in [0.15, 0.2) is 94.3 Å². The average molecular weight is 343 g/mol. The third-order valence-electron chi connectivity index (χ3n) is 4.51. The SMILES string of the molecule is O=NC1Cc2ccccc2C(=CSc2ccccc2)c2ccccc21. The molecule has 4 rings (SSSR count). The van der Waals surface area contributed by atoms with E-state index in [0.717, 1.165) is 16.7 Å². The Morgan fingerprint density at radius 1 is 0.840 bits per heavy atom. The molecule has 3 aromatic carbocycles. The number of hydrogen-bond donors (Lipinski definition) is 0. The summed E-state index contributed by atoms with van der Waals surface area (Å²) < 4.78 is 0. The van der Waals surface area contributed by atoms with E-state index in [1.807, 2.05) is 42.5 Å². The lowest BCUT2D eigenvalue weighted by Crippen LogP contribution is -1.99. The lowest BCUT2D eigenvalue weighted by molar-refractivity contribution is 0.720. The van der Waals surface area contributed by atoms with E-state index < -0.39 is 0 Å². The summed E-state index contributed by atoms with van der Waals surface area (Å²) in [5.74, 6) is 0. The van der Waals surface area contributed by atoms with Crippen LogP contribution in [0.2, 0.25) is 0 Å². The molecule has 3 aromatic rings. The molecule has 0 spiro atoms. The van der Waals surface area contributed by atoms with Crippen molar-refractivity contribution in [3.05, 3.63) is 111 Å². The van der Waals surface area contributed by atoms with E-state index in [9.17, 15) is 4.91 Å². The van der Waals surface area contributed by atoms with Crippen molar-refractivity contribution in [1.82, 2.24) is 0 Å². The quantitative estimate of drug-likeness (QED) is 0.416. The maximum absolute atomic E-state index is 11.5. The van der Waals surface area contributed by atoms with Crippen LogP contribution in [-0.2, 0) is 6.42 Å². The van der Waals surface area contributed by atoms with Gasteiger partial charge in [0, 0.05) is 11.3 Å². The van der Waals surface area contributed by atoms with Crippen LogP contribution in [0.5, 0.6) is 0 Å². The lowest BCUT2D eigenvalue weighted by Gasteiger charge is -2.12. The summed E-state index contributed by atoms with van der Waals surface area (Å²) in [5, 5.41) is 5.61. The molecule has 0 bridgehead atoms. The molecule has 3 heteroatoms. The number of nitroso groups, excluding NO2 is 1. The molecule has 0 radical (unpaired) electrons. The van der Waals surface area contributed by atoms with Gasteiger partial charge in [-0.1, -0.05) is 83.7 Å². The first-order valence-corrected chi connectivity index (χ1v) is 9.16. The second-order valence-corrected chi connectivity index (χ2v) is 6.97. The Balaban J connectivity index is 1.88. The van der Waals surface area contributed by atoms with Crippen molar-refractivity contribution < 1.29 is 0 Å². The largest absolute Gasteiger partial charge is 0.150 e. The van der Waals surface area contributed by atoms with Crippen molar-refractivity contribution >= 4 is 17.3 Å². The van der Waals surface area contributed by atoms with Crippen molar-refractivity contribution in [2.45, 2.75) is 17.4 Å². The molecular weight excluding hydrogens is 326 g/mol. The molecule has 2 nitrogen and oxygen atoms in total. The molecule has 1 aliphatic carbocycles. The van der Waals surface area contributed by atoms with Crippen molar-refractivity contribution in [2.75, 3.05) is 0 Å². The van der Waals surface area contributed by atoms with Crippen LogP contribution in [0.1, 0.15) is 28.3 Å². The smallest absolute Gasteiger partial charge is 0.121 e. The van der Waals surface area contributed by atoms with Gasteiger partial charge in [0.15, 0.2) is 0 Å². The van der Waals surface area contributed by atoms with Gasteiger partial charge in [0.1, 0.15) is 6.04 Å². The summed E-state index contributed by atoms with van der Waals surface area (Å²) in [6, 6.07) is 26.4. The molecule has 1 unspecified atom stereocenters. The van der Waals surface area contributed by atoms with Gasteiger partial charge >= 0.3 is 0 Å². The summed E-state index contributed by atoms with van der Waals surface area (Å²) in [6.07, 6.45) is 0.643. The van der Waals surface area contributed by atoms with Gasteiger partial charge in [0.05, 0.1) is 0 Å². The summed E-state index contributed by atoms with van der Waals surface area (Å²) in [6.45, 7) is 0. The monoisotopic (exact) mass is 343 g/mol. The van der Waals surface area contributed by atoms with Gasteiger partial charge in [-0.3, -0.25) is 0 Å². The summed E-state index contributed by atoms with van der Waals surface area (Å²) >= 11 is 1.70. The van der Waals surface area contributed by atoms with Crippen LogP contribution >= 0.6 is 11.8 Å². The van der Waals surface area contributed by atoms with Crippen molar-refractivity contribution in [3.8, 4) is 0 Å². The summed E-state index contributed by atoms with van der Waals surface area (Å²) in [5.41, 5.74) is 5.62. The highest BCUT2D eigenvalue weighted by atomic mass is 32.2. The average Bonchev–Trinajstić information content (AvgIpc) is 2.81. The Kier molecular flexibility index (Phi) is 4.49. The number of nitrogens with zero attached hydrogens (tertiary/aromatic N) is 1. The van der Waals surface area contributed by atoms with Gasteiger partial charge in [-0.25, -0.2) is 0 Å². The summed E-state index contributed by atoms with van der Waals surface area (Å²) in [7, 11) is 0. The van der Waals surface area contributed by atoms with Gasteiger partial charge < -0.3 is 0 Å². The molecule has 122 valence electrons. The molecule has 0 aliphatic heterocycles. The molecule has 0 N–H and O–H groups in total. The zero-order chi connectivity index (χ0) is 17.1. The Morgan fingerprint density at radius 3 is 2.32 bits per heavy atom. The maximum atomic E-state index is 11.5. The number of hydrogen-bond acceptors (Lipinski definition) is 3. The Hall–Kier alpha value is -2.65. The van der Waals surface area contributed by atoms with Crippen LogP contribution in [-0.4, -0.2) is 0 Å². The third-order valence-corrected chi connectivity index (χ3v) is 5.41. The predicted molar refractivity (Wildman–Crippen MR) is 105 cm³/mol. The standard InChI is InChI=1S/C22H17NOS/c24-23-22-14-16-8-4-5-11-18(16)21(19-12-6-7-13-20(19)22)15-25-17-9-2-1-3-10-17/h1-13,15,22H,14H2. The van der Waals surface area contributed by atoms with E-state index in [4.69, 9.17) is 0 Å². The van der Waals surface area contributed by atoms with E-state index in [2.05, 4.69) is 47.0 Å². The number of rotatable bonds is 3. The second kappa shape index (κ2) is 7.08. The first-order valence-electron chi connectivity index (χ1n) is 8.29. The van der Waals surface area contributed by atoms with Crippen LogP contribution < -0.4 is 0 Å². The third kappa shape index (κ3) is 3.15. The number of thioether (sulfide) groups is 1. The lowest BCUT2D eigenvalue weighted by atomic mass is 9.95. The zero-order valence-electron chi connectivity index (χ0n) is 13.6. The fourth-order valence-corrected chi connectivity index (χ4v) is 4.13. The Morgan fingerprint density at radius 2 is 1.52 bits per heavy atom. The van der Waals surface area contributed by atoms with Crippen LogP contribution in [0.4, 0.5) is 0 Å². The number of fused-ring (bicyclic) bond motifs is 2. The van der Waals surface area contributed by atoms with E-state index in [1.54, 1.807) is 11.8 Å². The molecule has 1 atom stereocenters. The Bertz CT molecular complexity index is 934. The molecule has 0 saturated carbocycles. The predicted octanol–water partition coefficient (Wildman–Crippen LogP) is 6.23. The van der Waals surface area contributed by atoms with Gasteiger partial charge in [-0.2, -0.15) is 4.91 Å². The van der Waals surface area contributed by atoms with Crippen molar-refractivity contribution in [1.29, 1.82) is 0 Å². The van der Waals surface area contributed by atoms with Gasteiger partial charge in [-0.05, 0) is 45.4 Å². The highest BCUT2D eigenvalue weighted by molar-refractivity contribution is 8.02. The van der Waals surface area contributed by atoms with E-state index >= 15 is 0 Å². The van der Waals surface area contributed by atoms with Crippen molar-refractivity contribution in [3.63, 3.8) is 0 Å². The highest BCUT2D eigenvalue weighted by Gasteiger charge is 2.25. The van der Waals surface area contributed by atoms with E-state index in [1.165, 1.54) is 16.0 Å². The molecule has 0 saturated heterocycles. The Labute approximate surface area is 151 Å². The van der Waals surface area contributed by atoms with Crippen molar-refractivity contribution in [2.24, 2.45) is 5.18 Å². The first-order chi connectivity index (χ1) is 12.4. The number of benzene rings is 3. The maximum Gasteiger partial charge on any atom is 0.121 e. The minimum absolute atomic E-state index is 0.343. The topological polar surface area (TPSA) is 29.4 Å². The van der Waals surface area contributed by atoms with Gasteiger partial charge in [0.2, 0.25) is 0 Å². The fraction of sp³-hybridized carbons (Fsp3) is 0.0909.